The molecule has 0 spiro atoms. The maximum absolute atomic E-state index is 11.0. The Bertz CT molecular complexity index is 319. The number of methoxy groups -OCH3 is 2. The average Bonchev–Trinajstić information content (AvgIpc) is 2.17. The number of hydrogen-bond donors (Lipinski definition) is 1. The quantitative estimate of drug-likeness (QED) is 0.691. The molecule has 0 aromatic heterocycles. The van der Waals surface area contributed by atoms with Crippen LogP contribution in [-0.2, 0) is 4.74 Å². The highest BCUT2D eigenvalue weighted by Crippen LogP contribution is 2.29. The summed E-state index contributed by atoms with van der Waals surface area (Å²) < 4.78 is 9.23. The fourth-order valence-electron chi connectivity index (χ4n) is 0.891. The maximum atomic E-state index is 11.0. The predicted molar refractivity (Wildman–Crippen MR) is 44.8 cm³/mol. The van der Waals surface area contributed by atoms with Gasteiger partial charge in [-0.15, -0.1) is 0 Å². The van der Waals surface area contributed by atoms with E-state index in [2.05, 4.69) is 10.8 Å². The molecular formula is C9H9O4. The van der Waals surface area contributed by atoms with Crippen LogP contribution in [0.15, 0.2) is 12.1 Å². The van der Waals surface area contributed by atoms with Crippen LogP contribution in [0.4, 0.5) is 0 Å². The van der Waals surface area contributed by atoms with E-state index in [-0.39, 0.29) is 17.1 Å². The van der Waals surface area contributed by atoms with Gasteiger partial charge in [0.05, 0.1) is 14.2 Å². The first kappa shape index (κ1) is 9.38. The fraction of sp³-hybridized carbons (Fsp3) is 0.222. The number of hydrogen-bond acceptors (Lipinski definition) is 4. The Morgan fingerprint density at radius 1 is 1.46 bits per heavy atom. The molecule has 0 aliphatic heterocycles. The summed E-state index contributed by atoms with van der Waals surface area (Å²) in [6.45, 7) is 0. The van der Waals surface area contributed by atoms with Crippen molar-refractivity contribution in [3.63, 3.8) is 0 Å². The normalized spacial score (nSPS) is 9.38. The lowest BCUT2D eigenvalue weighted by Crippen LogP contribution is -2.02. The van der Waals surface area contributed by atoms with E-state index in [1.54, 1.807) is 0 Å². The number of carbonyl (C=O) groups excluding carboxylic acids is 1. The molecule has 1 aromatic carbocycles. The number of phenols is 1. The molecule has 0 fully saturated rings. The lowest BCUT2D eigenvalue weighted by atomic mass is 10.2. The molecule has 0 atom stereocenters. The first-order valence-corrected chi connectivity index (χ1v) is 3.56. The number of benzene rings is 1. The topological polar surface area (TPSA) is 55.8 Å². The summed E-state index contributed by atoms with van der Waals surface area (Å²) in [4.78, 5) is 11.0. The molecule has 13 heavy (non-hydrogen) atoms. The summed E-state index contributed by atoms with van der Waals surface area (Å²) in [6.07, 6.45) is 0. The van der Waals surface area contributed by atoms with Crippen LogP contribution in [-0.4, -0.2) is 25.3 Å². The van der Waals surface area contributed by atoms with E-state index < -0.39 is 5.97 Å². The van der Waals surface area contributed by atoms with Gasteiger partial charge in [-0.2, -0.15) is 0 Å². The van der Waals surface area contributed by atoms with Gasteiger partial charge in [0.1, 0.15) is 5.56 Å². The van der Waals surface area contributed by atoms with E-state index in [1.165, 1.54) is 26.4 Å². The highest BCUT2D eigenvalue weighted by molar-refractivity contribution is 5.93. The molecule has 0 saturated carbocycles. The highest BCUT2D eigenvalue weighted by Gasteiger charge is 2.14. The summed E-state index contributed by atoms with van der Waals surface area (Å²) >= 11 is 0. The summed E-state index contributed by atoms with van der Waals surface area (Å²) in [6, 6.07) is 5.42. The number of aromatic hydroxyl groups is 1. The Morgan fingerprint density at radius 3 is 2.69 bits per heavy atom. The third kappa shape index (κ3) is 1.72. The van der Waals surface area contributed by atoms with Crippen LogP contribution in [0.3, 0.4) is 0 Å². The molecule has 0 saturated heterocycles. The van der Waals surface area contributed by atoms with Gasteiger partial charge < -0.3 is 14.6 Å². The van der Waals surface area contributed by atoms with E-state index >= 15 is 0 Å². The minimum Gasteiger partial charge on any atom is -0.504 e. The van der Waals surface area contributed by atoms with Gasteiger partial charge in [0.2, 0.25) is 0 Å². The Kier molecular flexibility index (Phi) is 2.74. The van der Waals surface area contributed by atoms with E-state index in [0.29, 0.717) is 0 Å². The largest absolute Gasteiger partial charge is 0.504 e. The van der Waals surface area contributed by atoms with E-state index in [4.69, 9.17) is 4.74 Å². The summed E-state index contributed by atoms with van der Waals surface area (Å²) in [7, 11) is 2.63. The third-order valence-corrected chi connectivity index (χ3v) is 1.56. The number of carbonyl (C=O) groups is 1. The third-order valence-electron chi connectivity index (χ3n) is 1.56. The number of ether oxygens (including phenoxy) is 2. The lowest BCUT2D eigenvalue weighted by Gasteiger charge is -2.05. The van der Waals surface area contributed by atoms with Crippen molar-refractivity contribution in [2.24, 2.45) is 0 Å². The first-order chi connectivity index (χ1) is 6.20. The van der Waals surface area contributed by atoms with Crippen molar-refractivity contribution >= 4 is 5.97 Å². The molecule has 0 aliphatic carbocycles. The second-order valence-corrected chi connectivity index (χ2v) is 2.28. The van der Waals surface area contributed by atoms with E-state index in [1.807, 2.05) is 0 Å². The van der Waals surface area contributed by atoms with Gasteiger partial charge in [-0.1, -0.05) is 0 Å². The molecule has 1 rings (SSSR count). The molecule has 0 unspecified atom stereocenters. The highest BCUT2D eigenvalue weighted by atomic mass is 16.5. The van der Waals surface area contributed by atoms with Crippen LogP contribution in [0.25, 0.3) is 0 Å². The molecule has 4 heteroatoms. The number of esters is 1. The molecule has 1 N–H and O–H groups in total. The van der Waals surface area contributed by atoms with Crippen LogP contribution in [0.5, 0.6) is 11.5 Å². The van der Waals surface area contributed by atoms with Crippen LogP contribution in [0.1, 0.15) is 10.4 Å². The van der Waals surface area contributed by atoms with Gasteiger partial charge >= 0.3 is 5.97 Å². The maximum Gasteiger partial charge on any atom is 0.341 e. The van der Waals surface area contributed by atoms with Crippen molar-refractivity contribution in [3.8, 4) is 11.5 Å². The molecule has 0 bridgehead atoms. The molecule has 69 valence electrons. The summed E-state index contributed by atoms with van der Waals surface area (Å²) in [5.41, 5.74) is 0.0434. The second kappa shape index (κ2) is 3.80. The van der Waals surface area contributed by atoms with E-state index in [9.17, 15) is 9.90 Å². The van der Waals surface area contributed by atoms with Crippen LogP contribution in [0, 0.1) is 6.07 Å². The summed E-state index contributed by atoms with van der Waals surface area (Å²) in [5.74, 6) is -0.649. The average molecular weight is 181 g/mol. The standard InChI is InChI=1S/C9H9O4/c1-12-7-5-3-4-6(8(7)10)9(11)13-2/h4-5,10H,1-2H3. The number of phenolic OH excluding ortho intramolecular Hbond substituents is 1. The molecule has 4 nitrogen and oxygen atoms in total. The van der Waals surface area contributed by atoms with Crippen molar-refractivity contribution in [1.29, 1.82) is 0 Å². The van der Waals surface area contributed by atoms with Gasteiger partial charge in [-0.05, 0) is 18.2 Å². The van der Waals surface area contributed by atoms with Gasteiger partial charge in [0, 0.05) is 0 Å². The van der Waals surface area contributed by atoms with Crippen LogP contribution >= 0.6 is 0 Å². The Hall–Kier alpha value is -1.71. The van der Waals surface area contributed by atoms with Crippen molar-refractivity contribution in [3.05, 3.63) is 23.8 Å². The number of rotatable bonds is 2. The molecule has 0 aliphatic rings. The van der Waals surface area contributed by atoms with Crippen molar-refractivity contribution in [2.45, 2.75) is 0 Å². The first-order valence-electron chi connectivity index (χ1n) is 3.56. The molecular weight excluding hydrogens is 172 g/mol. The van der Waals surface area contributed by atoms with Crippen LogP contribution in [0.2, 0.25) is 0 Å². The van der Waals surface area contributed by atoms with Gasteiger partial charge in [0.25, 0.3) is 0 Å². The Labute approximate surface area is 75.7 Å². The lowest BCUT2D eigenvalue weighted by molar-refractivity contribution is 0.0596. The van der Waals surface area contributed by atoms with Crippen molar-refractivity contribution in [1.82, 2.24) is 0 Å². The van der Waals surface area contributed by atoms with E-state index in [0.717, 1.165) is 0 Å². The zero-order chi connectivity index (χ0) is 9.84. The Morgan fingerprint density at radius 2 is 2.15 bits per heavy atom. The van der Waals surface area contributed by atoms with Gasteiger partial charge in [-0.25, -0.2) is 4.79 Å². The molecule has 0 amide bonds. The zero-order valence-electron chi connectivity index (χ0n) is 7.33. The molecule has 1 aromatic rings. The molecule has 1 radical (unpaired) electrons. The smallest absolute Gasteiger partial charge is 0.341 e. The van der Waals surface area contributed by atoms with Crippen molar-refractivity contribution in [2.75, 3.05) is 14.2 Å². The van der Waals surface area contributed by atoms with Crippen molar-refractivity contribution < 1.29 is 19.4 Å². The minimum absolute atomic E-state index is 0.0434. The fourth-order valence-corrected chi connectivity index (χ4v) is 0.891. The zero-order valence-corrected chi connectivity index (χ0v) is 7.33. The van der Waals surface area contributed by atoms with Crippen LogP contribution < -0.4 is 4.74 Å². The predicted octanol–water partition coefficient (Wildman–Crippen LogP) is 0.988. The van der Waals surface area contributed by atoms with Gasteiger partial charge in [0.15, 0.2) is 11.5 Å². The Balaban J connectivity index is 3.15. The molecule has 0 heterocycles. The minimum atomic E-state index is -0.618. The second-order valence-electron chi connectivity index (χ2n) is 2.28. The SMILES string of the molecule is COC(=O)c1c[c]cc(OC)c1O. The monoisotopic (exact) mass is 181 g/mol. The van der Waals surface area contributed by atoms with Gasteiger partial charge in [-0.3, -0.25) is 0 Å². The summed E-state index contributed by atoms with van der Waals surface area (Å²) in [5, 5.41) is 9.44.